The second-order valence-corrected chi connectivity index (χ2v) is 8.60. The zero-order chi connectivity index (χ0) is 22.1. The molecule has 0 saturated carbocycles. The van der Waals surface area contributed by atoms with Gasteiger partial charge in [0.2, 0.25) is 0 Å². The lowest BCUT2D eigenvalue weighted by molar-refractivity contribution is -0.117. The van der Waals surface area contributed by atoms with Crippen molar-refractivity contribution in [2.24, 2.45) is 4.99 Å². The second kappa shape index (κ2) is 8.58. The Hall–Kier alpha value is -3.07. The first-order valence-electron chi connectivity index (χ1n) is 9.79. The summed E-state index contributed by atoms with van der Waals surface area (Å²) in [7, 11) is 0. The van der Waals surface area contributed by atoms with Gasteiger partial charge in [-0.05, 0) is 36.6 Å². The maximum atomic E-state index is 13.9. The van der Waals surface area contributed by atoms with Crippen LogP contribution in [0.5, 0.6) is 0 Å². The van der Waals surface area contributed by atoms with Crippen LogP contribution >= 0.6 is 11.8 Å². The van der Waals surface area contributed by atoms with Crippen LogP contribution in [0.3, 0.4) is 0 Å². The fourth-order valence-electron chi connectivity index (χ4n) is 3.52. The number of halogens is 2. The number of carbonyl (C=O) groups is 1. The first-order valence-corrected chi connectivity index (χ1v) is 10.8. The first kappa shape index (κ1) is 21.2. The van der Waals surface area contributed by atoms with Gasteiger partial charge in [-0.15, -0.1) is 0 Å². The van der Waals surface area contributed by atoms with Gasteiger partial charge in [-0.3, -0.25) is 14.6 Å². The number of rotatable bonds is 7. The number of H-pyrrole nitrogens is 1. The van der Waals surface area contributed by atoms with E-state index in [0.717, 1.165) is 28.6 Å². The maximum Gasteiger partial charge on any atom is 0.259 e. The van der Waals surface area contributed by atoms with Gasteiger partial charge in [-0.25, -0.2) is 13.8 Å². The van der Waals surface area contributed by atoms with Gasteiger partial charge in [0, 0.05) is 42.5 Å². The highest BCUT2D eigenvalue weighted by molar-refractivity contribution is 7.99. The van der Waals surface area contributed by atoms with Crippen molar-refractivity contribution in [1.29, 1.82) is 0 Å². The van der Waals surface area contributed by atoms with E-state index in [4.69, 9.17) is 5.73 Å². The van der Waals surface area contributed by atoms with E-state index >= 15 is 0 Å². The lowest BCUT2D eigenvalue weighted by Gasteiger charge is -2.04. The molecular formula is C22H20F2N4O2S. The molecule has 0 bridgehead atoms. The summed E-state index contributed by atoms with van der Waals surface area (Å²) in [5.74, 6) is -1.11. The predicted octanol–water partition coefficient (Wildman–Crippen LogP) is 4.25. The molecule has 160 valence electrons. The third-order valence-corrected chi connectivity index (χ3v) is 6.05. The smallest absolute Gasteiger partial charge is 0.259 e. The van der Waals surface area contributed by atoms with Gasteiger partial charge in [0.05, 0.1) is 11.1 Å². The third kappa shape index (κ3) is 4.66. The number of anilines is 1. The minimum Gasteiger partial charge on any atom is -0.398 e. The van der Waals surface area contributed by atoms with Crippen LogP contribution in [0.4, 0.5) is 20.2 Å². The Labute approximate surface area is 181 Å². The number of nitrogen functional groups attached to an aromatic ring is 1. The number of fused-ring (bicyclic) bond motifs is 2. The molecule has 6 nitrogen and oxygen atoms in total. The Morgan fingerprint density at radius 2 is 2.06 bits per heavy atom. The van der Waals surface area contributed by atoms with Gasteiger partial charge in [0.25, 0.3) is 5.56 Å². The average Bonchev–Trinajstić information content (AvgIpc) is 3.07. The van der Waals surface area contributed by atoms with Crippen molar-refractivity contribution in [2.45, 2.75) is 37.8 Å². The standard InChI is InChI=1S/C22H20F2N4O2S/c1-11-5-12-6-14(26-19(12)10-18(11)25)9-15(29)3-2-4-31-22-27-20-16(21(30)28-22)7-13(23)8-17(20)24/h5,7-8,10H,2-4,6,9,25H2,1H3,(H,27,28,30). The number of aromatic amines is 1. The van der Waals surface area contributed by atoms with E-state index in [1.54, 1.807) is 0 Å². The number of aliphatic imine (C=N–C) groups is 1. The summed E-state index contributed by atoms with van der Waals surface area (Å²) >= 11 is 1.22. The van der Waals surface area contributed by atoms with Crippen LogP contribution in [0, 0.1) is 18.6 Å². The molecule has 9 heteroatoms. The van der Waals surface area contributed by atoms with E-state index in [9.17, 15) is 18.4 Å². The molecule has 1 aliphatic rings. The minimum absolute atomic E-state index is 0.0818. The monoisotopic (exact) mass is 442 g/mol. The molecule has 0 spiro atoms. The Morgan fingerprint density at radius 1 is 1.26 bits per heavy atom. The van der Waals surface area contributed by atoms with Crippen LogP contribution in [0.15, 0.2) is 39.2 Å². The van der Waals surface area contributed by atoms with Crippen molar-refractivity contribution in [2.75, 3.05) is 11.5 Å². The van der Waals surface area contributed by atoms with Crippen LogP contribution in [0.25, 0.3) is 10.9 Å². The lowest BCUT2D eigenvalue weighted by atomic mass is 10.0. The highest BCUT2D eigenvalue weighted by Crippen LogP contribution is 2.32. The van der Waals surface area contributed by atoms with Crippen molar-refractivity contribution in [1.82, 2.24) is 9.97 Å². The number of ketones is 1. The SMILES string of the molecule is Cc1cc2c(cc1N)N=C(CC(=O)CCCSc1nc3c(F)cc(F)cc3c(=O)[nH]1)C2. The third-order valence-electron chi connectivity index (χ3n) is 5.09. The quantitative estimate of drug-likeness (QED) is 0.247. The Bertz CT molecular complexity index is 1290. The molecule has 0 saturated heterocycles. The van der Waals surface area contributed by atoms with Crippen molar-refractivity contribution in [3.8, 4) is 0 Å². The van der Waals surface area contributed by atoms with Crippen molar-refractivity contribution >= 4 is 45.5 Å². The normalized spacial score (nSPS) is 12.8. The minimum atomic E-state index is -0.881. The highest BCUT2D eigenvalue weighted by Gasteiger charge is 2.18. The number of benzene rings is 2. The molecule has 0 unspecified atom stereocenters. The number of aryl methyl sites for hydroxylation is 1. The number of nitrogens with two attached hydrogens (primary N) is 1. The Balaban J connectivity index is 1.30. The van der Waals surface area contributed by atoms with Crippen LogP contribution in [0.2, 0.25) is 0 Å². The molecule has 0 radical (unpaired) electrons. The van der Waals surface area contributed by atoms with Crippen LogP contribution in [0.1, 0.15) is 30.4 Å². The highest BCUT2D eigenvalue weighted by atomic mass is 32.2. The molecule has 0 atom stereocenters. The van der Waals surface area contributed by atoms with Crippen molar-refractivity contribution in [3.63, 3.8) is 0 Å². The molecule has 0 amide bonds. The number of nitrogens with zero attached hydrogens (tertiary/aromatic N) is 2. The summed E-state index contributed by atoms with van der Waals surface area (Å²) in [5, 5.41) is 0.103. The van der Waals surface area contributed by atoms with Gasteiger partial charge in [0.1, 0.15) is 17.1 Å². The fraction of sp³-hybridized carbons (Fsp3) is 0.273. The molecule has 31 heavy (non-hydrogen) atoms. The first-order chi connectivity index (χ1) is 14.8. The molecule has 3 N–H and O–H groups in total. The van der Waals surface area contributed by atoms with Crippen molar-refractivity contribution < 1.29 is 13.6 Å². The van der Waals surface area contributed by atoms with Gasteiger partial charge in [-0.1, -0.05) is 17.8 Å². The number of Topliss-reactive ketones (excluding diaryl/α,β-unsaturated/α-hetero) is 1. The van der Waals surface area contributed by atoms with Gasteiger partial charge in [0.15, 0.2) is 11.0 Å². The van der Waals surface area contributed by atoms with E-state index in [2.05, 4.69) is 15.0 Å². The van der Waals surface area contributed by atoms with E-state index in [1.165, 1.54) is 11.8 Å². The molecule has 1 aliphatic heterocycles. The van der Waals surface area contributed by atoms with Gasteiger partial charge < -0.3 is 10.7 Å². The zero-order valence-corrected chi connectivity index (χ0v) is 17.6. The van der Waals surface area contributed by atoms with Crippen LogP contribution in [-0.2, 0) is 11.2 Å². The summed E-state index contributed by atoms with van der Waals surface area (Å²) in [6.45, 7) is 1.95. The fourth-order valence-corrected chi connectivity index (χ4v) is 4.32. The molecule has 1 aromatic heterocycles. The second-order valence-electron chi connectivity index (χ2n) is 7.51. The lowest BCUT2D eigenvalue weighted by Crippen LogP contribution is -2.11. The average molecular weight is 442 g/mol. The summed E-state index contributed by atoms with van der Waals surface area (Å²) < 4.78 is 27.2. The van der Waals surface area contributed by atoms with E-state index in [0.29, 0.717) is 43.2 Å². The zero-order valence-electron chi connectivity index (χ0n) is 16.8. The number of aromatic nitrogens is 2. The van der Waals surface area contributed by atoms with E-state index in [-0.39, 0.29) is 21.8 Å². The predicted molar refractivity (Wildman–Crippen MR) is 118 cm³/mol. The number of hydrogen-bond acceptors (Lipinski definition) is 6. The molecule has 0 fully saturated rings. The largest absolute Gasteiger partial charge is 0.398 e. The number of nitrogens with one attached hydrogen (secondary N) is 1. The van der Waals surface area contributed by atoms with Gasteiger partial charge in [-0.2, -0.15) is 0 Å². The molecule has 2 aromatic carbocycles. The summed E-state index contributed by atoms with van der Waals surface area (Å²) in [5.41, 5.74) is 9.60. The topological polar surface area (TPSA) is 101 Å². The molecular weight excluding hydrogens is 422 g/mol. The van der Waals surface area contributed by atoms with Gasteiger partial charge >= 0.3 is 0 Å². The summed E-state index contributed by atoms with van der Waals surface area (Å²) in [6, 6.07) is 5.50. The van der Waals surface area contributed by atoms with Crippen LogP contribution in [-0.4, -0.2) is 27.2 Å². The van der Waals surface area contributed by atoms with Crippen LogP contribution < -0.4 is 11.3 Å². The number of hydrogen-bond donors (Lipinski definition) is 2. The maximum absolute atomic E-state index is 13.9. The summed E-state index contributed by atoms with van der Waals surface area (Å²) in [4.78, 5) is 35.5. The molecule has 2 heterocycles. The molecule has 0 aliphatic carbocycles. The van der Waals surface area contributed by atoms with E-state index < -0.39 is 17.2 Å². The Kier molecular flexibility index (Phi) is 5.86. The van der Waals surface area contributed by atoms with E-state index in [1.807, 2.05) is 19.1 Å². The number of thioether (sulfide) groups is 1. The Morgan fingerprint density at radius 3 is 2.87 bits per heavy atom. The number of carbonyl (C=O) groups excluding carboxylic acids is 1. The molecule has 3 aromatic rings. The van der Waals surface area contributed by atoms with Crippen molar-refractivity contribution in [3.05, 3.63) is 57.4 Å². The molecule has 4 rings (SSSR count). The summed E-state index contributed by atoms with van der Waals surface area (Å²) in [6.07, 6.45) is 1.88.